The van der Waals surface area contributed by atoms with Crippen LogP contribution in [0.5, 0.6) is 0 Å². The Morgan fingerprint density at radius 2 is 1.94 bits per heavy atom. The highest BCUT2D eigenvalue weighted by Crippen LogP contribution is 2.32. The first kappa shape index (κ1) is 13.4. The van der Waals surface area contributed by atoms with Crippen LogP contribution in [0, 0.1) is 5.92 Å². The topological polar surface area (TPSA) is 15.3 Å². The molecule has 2 nitrogen and oxygen atoms in total. The van der Waals surface area contributed by atoms with E-state index in [0.717, 1.165) is 18.0 Å². The van der Waals surface area contributed by atoms with E-state index in [0.29, 0.717) is 6.04 Å². The molecule has 0 radical (unpaired) electrons. The van der Waals surface area contributed by atoms with Crippen molar-refractivity contribution in [3.05, 3.63) is 0 Å². The van der Waals surface area contributed by atoms with Gasteiger partial charge in [0.25, 0.3) is 0 Å². The maximum Gasteiger partial charge on any atom is 0.0249 e. The summed E-state index contributed by atoms with van der Waals surface area (Å²) in [6.07, 6.45) is 10.0. The first-order chi connectivity index (χ1) is 8.22. The SMILES string of the molecule is CNC(C)C1CCCCN1C1CCCC(C)C1. The van der Waals surface area contributed by atoms with Crippen molar-refractivity contribution in [2.45, 2.75) is 76.9 Å². The van der Waals surface area contributed by atoms with Gasteiger partial charge in [0.1, 0.15) is 0 Å². The highest BCUT2D eigenvalue weighted by molar-refractivity contribution is 4.90. The highest BCUT2D eigenvalue weighted by atomic mass is 15.2. The standard InChI is InChI=1S/C15H30N2/c1-12-7-6-8-14(11-12)17-10-5-4-9-15(17)13(2)16-3/h12-16H,4-11H2,1-3H3. The Morgan fingerprint density at radius 1 is 1.12 bits per heavy atom. The molecule has 0 amide bonds. The average Bonchev–Trinajstić information content (AvgIpc) is 2.38. The van der Waals surface area contributed by atoms with E-state index < -0.39 is 0 Å². The second-order valence-corrected chi connectivity index (χ2v) is 6.30. The normalized spacial score (nSPS) is 37.9. The zero-order chi connectivity index (χ0) is 12.3. The molecule has 2 rings (SSSR count). The minimum absolute atomic E-state index is 0.646. The van der Waals surface area contributed by atoms with E-state index in [9.17, 15) is 0 Å². The lowest BCUT2D eigenvalue weighted by atomic mass is 9.83. The van der Waals surface area contributed by atoms with Gasteiger partial charge in [-0.3, -0.25) is 4.90 Å². The van der Waals surface area contributed by atoms with Crippen molar-refractivity contribution in [1.82, 2.24) is 10.2 Å². The van der Waals surface area contributed by atoms with Gasteiger partial charge in [0.05, 0.1) is 0 Å². The number of nitrogens with zero attached hydrogens (tertiary/aromatic N) is 1. The van der Waals surface area contributed by atoms with E-state index in [4.69, 9.17) is 0 Å². The number of rotatable bonds is 3. The molecule has 0 bridgehead atoms. The molecule has 4 atom stereocenters. The van der Waals surface area contributed by atoms with Crippen molar-refractivity contribution >= 4 is 0 Å². The molecule has 0 spiro atoms. The van der Waals surface area contributed by atoms with Gasteiger partial charge in [-0.1, -0.05) is 26.2 Å². The minimum Gasteiger partial charge on any atom is -0.316 e. The van der Waals surface area contributed by atoms with E-state index in [-0.39, 0.29) is 0 Å². The molecule has 1 heterocycles. The van der Waals surface area contributed by atoms with Gasteiger partial charge in [-0.2, -0.15) is 0 Å². The summed E-state index contributed by atoms with van der Waals surface area (Å²) in [6.45, 7) is 6.13. The van der Waals surface area contributed by atoms with Crippen LogP contribution < -0.4 is 5.32 Å². The molecule has 17 heavy (non-hydrogen) atoms. The summed E-state index contributed by atoms with van der Waals surface area (Å²) in [4.78, 5) is 2.85. The van der Waals surface area contributed by atoms with Crippen molar-refractivity contribution in [2.24, 2.45) is 5.92 Å². The largest absolute Gasteiger partial charge is 0.316 e. The summed E-state index contributed by atoms with van der Waals surface area (Å²) in [6, 6.07) is 2.30. The van der Waals surface area contributed by atoms with Crippen molar-refractivity contribution in [1.29, 1.82) is 0 Å². The van der Waals surface area contributed by atoms with Gasteiger partial charge in [0.2, 0.25) is 0 Å². The van der Waals surface area contributed by atoms with E-state index in [1.165, 1.54) is 51.5 Å². The Hall–Kier alpha value is -0.0800. The van der Waals surface area contributed by atoms with E-state index in [1.54, 1.807) is 0 Å². The lowest BCUT2D eigenvalue weighted by Crippen LogP contribution is -2.54. The second kappa shape index (κ2) is 6.19. The average molecular weight is 238 g/mol. The summed E-state index contributed by atoms with van der Waals surface area (Å²) >= 11 is 0. The molecule has 4 unspecified atom stereocenters. The molecule has 1 saturated heterocycles. The number of nitrogens with one attached hydrogen (secondary N) is 1. The fourth-order valence-electron chi connectivity index (χ4n) is 3.87. The predicted molar refractivity (Wildman–Crippen MR) is 74.3 cm³/mol. The number of likely N-dealkylation sites (tertiary alicyclic amines) is 1. The Kier molecular flexibility index (Phi) is 4.87. The van der Waals surface area contributed by atoms with Crippen molar-refractivity contribution in [3.8, 4) is 0 Å². The Labute approximate surface area is 107 Å². The molecule has 2 aliphatic rings. The second-order valence-electron chi connectivity index (χ2n) is 6.30. The molecule has 1 N–H and O–H groups in total. The predicted octanol–water partition coefficient (Wildman–Crippen LogP) is 3.03. The Balaban J connectivity index is 1.99. The van der Waals surface area contributed by atoms with Crippen molar-refractivity contribution < 1.29 is 0 Å². The molecule has 2 fully saturated rings. The lowest BCUT2D eigenvalue weighted by molar-refractivity contribution is 0.0457. The van der Waals surface area contributed by atoms with Crippen LogP contribution in [0.25, 0.3) is 0 Å². The first-order valence-electron chi connectivity index (χ1n) is 7.65. The van der Waals surface area contributed by atoms with Crippen LogP contribution in [0.3, 0.4) is 0 Å². The van der Waals surface area contributed by atoms with Crippen LogP contribution in [-0.2, 0) is 0 Å². The van der Waals surface area contributed by atoms with Crippen molar-refractivity contribution in [3.63, 3.8) is 0 Å². The van der Waals surface area contributed by atoms with Gasteiger partial charge in [0, 0.05) is 18.1 Å². The van der Waals surface area contributed by atoms with Crippen LogP contribution >= 0.6 is 0 Å². The molecule has 1 saturated carbocycles. The van der Waals surface area contributed by atoms with Gasteiger partial charge >= 0.3 is 0 Å². The zero-order valence-electron chi connectivity index (χ0n) is 11.9. The van der Waals surface area contributed by atoms with E-state index >= 15 is 0 Å². The van der Waals surface area contributed by atoms with Gasteiger partial charge in [-0.25, -0.2) is 0 Å². The minimum atomic E-state index is 0.646. The Morgan fingerprint density at radius 3 is 2.65 bits per heavy atom. The zero-order valence-corrected chi connectivity index (χ0v) is 11.9. The highest BCUT2D eigenvalue weighted by Gasteiger charge is 2.33. The summed E-state index contributed by atoms with van der Waals surface area (Å²) < 4.78 is 0. The molecular weight excluding hydrogens is 208 g/mol. The summed E-state index contributed by atoms with van der Waals surface area (Å²) in [7, 11) is 2.11. The third-order valence-electron chi connectivity index (χ3n) is 5.00. The quantitative estimate of drug-likeness (QED) is 0.813. The maximum atomic E-state index is 3.47. The molecule has 100 valence electrons. The smallest absolute Gasteiger partial charge is 0.0249 e. The molecular formula is C15H30N2. The van der Waals surface area contributed by atoms with E-state index in [1.807, 2.05) is 0 Å². The number of hydrogen-bond acceptors (Lipinski definition) is 2. The Bertz CT molecular complexity index is 229. The number of hydrogen-bond donors (Lipinski definition) is 1. The molecule has 0 aromatic rings. The molecule has 0 aromatic carbocycles. The summed E-state index contributed by atoms with van der Waals surface area (Å²) in [5.41, 5.74) is 0. The van der Waals surface area contributed by atoms with Crippen LogP contribution in [-0.4, -0.2) is 36.6 Å². The fourth-order valence-corrected chi connectivity index (χ4v) is 3.87. The van der Waals surface area contributed by atoms with Crippen LogP contribution in [0.2, 0.25) is 0 Å². The molecule has 1 aliphatic carbocycles. The molecule has 2 heteroatoms. The maximum absolute atomic E-state index is 3.47. The van der Waals surface area contributed by atoms with Crippen LogP contribution in [0.1, 0.15) is 58.8 Å². The first-order valence-corrected chi connectivity index (χ1v) is 7.65. The van der Waals surface area contributed by atoms with E-state index in [2.05, 4.69) is 31.1 Å². The number of piperidine rings is 1. The fraction of sp³-hybridized carbons (Fsp3) is 1.00. The molecule has 0 aromatic heterocycles. The van der Waals surface area contributed by atoms with Crippen LogP contribution in [0.4, 0.5) is 0 Å². The third kappa shape index (κ3) is 3.23. The van der Waals surface area contributed by atoms with Crippen LogP contribution in [0.15, 0.2) is 0 Å². The van der Waals surface area contributed by atoms with Gasteiger partial charge in [-0.15, -0.1) is 0 Å². The summed E-state index contributed by atoms with van der Waals surface area (Å²) in [5, 5.41) is 3.47. The third-order valence-corrected chi connectivity index (χ3v) is 5.00. The summed E-state index contributed by atoms with van der Waals surface area (Å²) in [5.74, 6) is 0.946. The number of likely N-dealkylation sites (N-methyl/N-ethyl adjacent to an activating group) is 1. The molecule has 1 aliphatic heterocycles. The van der Waals surface area contributed by atoms with Gasteiger partial charge in [0.15, 0.2) is 0 Å². The van der Waals surface area contributed by atoms with Gasteiger partial charge in [-0.05, 0) is 52.1 Å². The monoisotopic (exact) mass is 238 g/mol. The lowest BCUT2D eigenvalue weighted by Gasteiger charge is -2.46. The van der Waals surface area contributed by atoms with Crippen molar-refractivity contribution in [2.75, 3.05) is 13.6 Å². The van der Waals surface area contributed by atoms with Gasteiger partial charge < -0.3 is 5.32 Å².